The number of hydrogen-bond donors (Lipinski definition) is 3. The average molecular weight is 431 g/mol. The molecule has 0 aromatic heterocycles. The van der Waals surface area contributed by atoms with Crippen molar-refractivity contribution in [2.24, 2.45) is 35.0 Å². The standard InChI is InChI=1S/C28H46O3/c1-18(2)19(3)8-9-21(5)24-12-13-25-27(24,6)14-7-15-28(25,31)26(30)17-22-16-23(29)11-10-20(22)4/h8-9,17-19,21,23-26,29-31H,4,7,10-16H2,1-3,5-6H3/b9-8+,22-17-/t19?,21-,23+,24-,25?,26?,27-,28?/m1/s1. The Balaban J connectivity index is 1.80. The summed E-state index contributed by atoms with van der Waals surface area (Å²) >= 11 is 0. The van der Waals surface area contributed by atoms with Crippen molar-refractivity contribution in [2.75, 3.05) is 0 Å². The van der Waals surface area contributed by atoms with E-state index in [-0.39, 0.29) is 17.4 Å². The number of hydrogen-bond acceptors (Lipinski definition) is 3. The highest BCUT2D eigenvalue weighted by atomic mass is 16.3. The Morgan fingerprint density at radius 3 is 2.45 bits per heavy atom. The third-order valence-corrected chi connectivity index (χ3v) is 9.27. The Labute approximate surface area is 190 Å². The maximum atomic E-state index is 11.8. The number of aliphatic hydroxyl groups is 3. The summed E-state index contributed by atoms with van der Waals surface area (Å²) in [6.45, 7) is 15.6. The molecule has 3 N–H and O–H groups in total. The molecular weight excluding hydrogens is 384 g/mol. The van der Waals surface area contributed by atoms with E-state index in [4.69, 9.17) is 0 Å². The van der Waals surface area contributed by atoms with E-state index in [0.29, 0.717) is 36.5 Å². The van der Waals surface area contributed by atoms with Crippen molar-refractivity contribution < 1.29 is 15.3 Å². The second-order valence-electron chi connectivity index (χ2n) is 11.6. The fourth-order valence-electron chi connectivity index (χ4n) is 6.82. The summed E-state index contributed by atoms with van der Waals surface area (Å²) in [4.78, 5) is 0. The highest BCUT2D eigenvalue weighted by Crippen LogP contribution is 2.61. The zero-order valence-corrected chi connectivity index (χ0v) is 20.5. The Morgan fingerprint density at radius 1 is 1.06 bits per heavy atom. The first kappa shape index (κ1) is 24.7. The quantitative estimate of drug-likeness (QED) is 0.466. The summed E-state index contributed by atoms with van der Waals surface area (Å²) in [7, 11) is 0. The van der Waals surface area contributed by atoms with Crippen LogP contribution in [0.3, 0.4) is 0 Å². The van der Waals surface area contributed by atoms with E-state index in [1.54, 1.807) is 0 Å². The van der Waals surface area contributed by atoms with Gasteiger partial charge in [0.2, 0.25) is 0 Å². The van der Waals surface area contributed by atoms with Gasteiger partial charge in [0, 0.05) is 0 Å². The SMILES string of the molecule is C=C1CC[C@H](O)C/C1=C/C(O)C1(O)CCC[C@@]2(C)C1CC[C@@H]2[C@H](C)/C=C/C(C)C(C)C. The van der Waals surface area contributed by atoms with Gasteiger partial charge < -0.3 is 15.3 Å². The minimum absolute atomic E-state index is 0.0421. The number of rotatable bonds is 6. The van der Waals surface area contributed by atoms with Crippen LogP contribution in [0.1, 0.15) is 86.0 Å². The molecule has 3 heteroatoms. The van der Waals surface area contributed by atoms with Crippen molar-refractivity contribution in [1.82, 2.24) is 0 Å². The molecule has 0 radical (unpaired) electrons. The smallest absolute Gasteiger partial charge is 0.102 e. The summed E-state index contributed by atoms with van der Waals surface area (Å²) in [5.74, 6) is 2.33. The minimum Gasteiger partial charge on any atom is -0.393 e. The Morgan fingerprint density at radius 2 is 1.77 bits per heavy atom. The van der Waals surface area contributed by atoms with Gasteiger partial charge in [0.05, 0.1) is 11.7 Å². The van der Waals surface area contributed by atoms with Gasteiger partial charge in [-0.05, 0) is 98.0 Å². The second-order valence-corrected chi connectivity index (χ2v) is 11.6. The first-order chi connectivity index (χ1) is 14.5. The van der Waals surface area contributed by atoms with Gasteiger partial charge in [0.15, 0.2) is 0 Å². The molecular formula is C28H46O3. The fourth-order valence-corrected chi connectivity index (χ4v) is 6.82. The molecule has 3 rings (SSSR count). The Bertz CT molecular complexity index is 707. The van der Waals surface area contributed by atoms with Crippen molar-refractivity contribution in [2.45, 2.75) is 104 Å². The molecule has 0 heterocycles. The van der Waals surface area contributed by atoms with E-state index < -0.39 is 11.7 Å². The third kappa shape index (κ3) is 4.89. The molecule has 0 aliphatic heterocycles. The summed E-state index contributed by atoms with van der Waals surface area (Å²) in [5.41, 5.74) is 0.876. The van der Waals surface area contributed by atoms with Gasteiger partial charge in [-0.3, -0.25) is 0 Å². The summed E-state index contributed by atoms with van der Waals surface area (Å²) in [5, 5.41) is 33.2. The Hall–Kier alpha value is -0.900. The fraction of sp³-hybridized carbons (Fsp3) is 0.786. The molecule has 3 aliphatic carbocycles. The largest absolute Gasteiger partial charge is 0.393 e. The lowest BCUT2D eigenvalue weighted by Gasteiger charge is -2.52. The molecule has 3 nitrogen and oxygen atoms in total. The van der Waals surface area contributed by atoms with E-state index in [0.717, 1.165) is 49.7 Å². The van der Waals surface area contributed by atoms with Crippen LogP contribution in [-0.2, 0) is 0 Å². The molecule has 176 valence electrons. The molecule has 0 bridgehead atoms. The zero-order chi connectivity index (χ0) is 23.0. The van der Waals surface area contributed by atoms with Gasteiger partial charge in [0.1, 0.15) is 6.10 Å². The van der Waals surface area contributed by atoms with Crippen molar-refractivity contribution in [3.8, 4) is 0 Å². The summed E-state index contributed by atoms with van der Waals surface area (Å²) in [6.07, 6.45) is 12.2. The first-order valence-corrected chi connectivity index (χ1v) is 12.6. The van der Waals surface area contributed by atoms with Gasteiger partial charge in [-0.25, -0.2) is 0 Å². The van der Waals surface area contributed by atoms with Crippen LogP contribution < -0.4 is 0 Å². The van der Waals surface area contributed by atoms with Crippen molar-refractivity contribution >= 4 is 0 Å². The number of fused-ring (bicyclic) bond motifs is 1. The van der Waals surface area contributed by atoms with E-state index in [9.17, 15) is 15.3 Å². The highest BCUT2D eigenvalue weighted by molar-refractivity contribution is 5.33. The molecule has 3 saturated carbocycles. The van der Waals surface area contributed by atoms with Crippen LogP contribution in [0, 0.1) is 35.0 Å². The normalized spacial score (nSPS) is 41.0. The van der Waals surface area contributed by atoms with Gasteiger partial charge in [-0.15, -0.1) is 0 Å². The van der Waals surface area contributed by atoms with E-state index in [1.807, 2.05) is 6.08 Å². The lowest BCUT2D eigenvalue weighted by Crippen LogP contribution is -2.56. The van der Waals surface area contributed by atoms with Gasteiger partial charge in [-0.2, -0.15) is 0 Å². The van der Waals surface area contributed by atoms with Gasteiger partial charge >= 0.3 is 0 Å². The van der Waals surface area contributed by atoms with Crippen molar-refractivity contribution in [1.29, 1.82) is 0 Å². The topological polar surface area (TPSA) is 60.7 Å². The molecule has 4 unspecified atom stereocenters. The summed E-state index contributed by atoms with van der Waals surface area (Å²) in [6, 6.07) is 0. The van der Waals surface area contributed by atoms with Crippen LogP contribution in [0.4, 0.5) is 0 Å². The lowest BCUT2D eigenvalue weighted by atomic mass is 9.56. The van der Waals surface area contributed by atoms with Crippen LogP contribution in [0.2, 0.25) is 0 Å². The monoisotopic (exact) mass is 430 g/mol. The van der Waals surface area contributed by atoms with E-state index in [1.165, 1.54) is 0 Å². The van der Waals surface area contributed by atoms with E-state index in [2.05, 4.69) is 53.3 Å². The molecule has 3 fully saturated rings. The lowest BCUT2D eigenvalue weighted by molar-refractivity contribution is -0.155. The second kappa shape index (κ2) is 9.53. The molecule has 31 heavy (non-hydrogen) atoms. The average Bonchev–Trinajstić information content (AvgIpc) is 3.07. The molecule has 8 atom stereocenters. The van der Waals surface area contributed by atoms with E-state index >= 15 is 0 Å². The van der Waals surface area contributed by atoms with Crippen LogP contribution >= 0.6 is 0 Å². The maximum Gasteiger partial charge on any atom is 0.102 e. The van der Waals surface area contributed by atoms with Crippen LogP contribution in [0.5, 0.6) is 0 Å². The maximum absolute atomic E-state index is 11.8. The molecule has 0 amide bonds. The predicted octanol–water partition coefficient (Wildman–Crippen LogP) is 5.81. The minimum atomic E-state index is -1.09. The van der Waals surface area contributed by atoms with Crippen LogP contribution in [0.15, 0.2) is 36.0 Å². The molecule has 0 spiro atoms. The zero-order valence-electron chi connectivity index (χ0n) is 20.5. The molecule has 0 saturated heterocycles. The number of aliphatic hydroxyl groups excluding tert-OH is 2. The van der Waals surface area contributed by atoms with Gasteiger partial charge in [-0.1, -0.05) is 58.9 Å². The third-order valence-electron chi connectivity index (χ3n) is 9.27. The van der Waals surface area contributed by atoms with Crippen LogP contribution in [0.25, 0.3) is 0 Å². The Kier molecular flexibility index (Phi) is 7.61. The first-order valence-electron chi connectivity index (χ1n) is 12.6. The molecule has 0 aromatic rings. The predicted molar refractivity (Wildman–Crippen MR) is 129 cm³/mol. The highest BCUT2D eigenvalue weighted by Gasteiger charge is 2.59. The van der Waals surface area contributed by atoms with Crippen LogP contribution in [-0.4, -0.2) is 33.1 Å². The van der Waals surface area contributed by atoms with Gasteiger partial charge in [0.25, 0.3) is 0 Å². The summed E-state index contributed by atoms with van der Waals surface area (Å²) < 4.78 is 0. The molecule has 0 aromatic carbocycles. The van der Waals surface area contributed by atoms with Crippen molar-refractivity contribution in [3.05, 3.63) is 36.0 Å². The molecule has 3 aliphatic rings. The number of allylic oxidation sites excluding steroid dienone is 3. The van der Waals surface area contributed by atoms with Crippen molar-refractivity contribution in [3.63, 3.8) is 0 Å².